The number of hydrogen-bond donors (Lipinski definition) is 0. The van der Waals surface area contributed by atoms with E-state index in [1.807, 2.05) is 79.7 Å². The van der Waals surface area contributed by atoms with E-state index in [1.165, 1.54) is 4.90 Å². The average Bonchev–Trinajstić information content (AvgIpc) is 3.09. The van der Waals surface area contributed by atoms with Gasteiger partial charge in [0.2, 0.25) is 5.91 Å². The third-order valence-electron chi connectivity index (χ3n) is 5.48. The predicted molar refractivity (Wildman–Crippen MR) is 133 cm³/mol. The maximum atomic E-state index is 13.3. The van der Waals surface area contributed by atoms with Gasteiger partial charge in [-0.05, 0) is 54.6 Å². The second-order valence-electron chi connectivity index (χ2n) is 7.76. The zero-order chi connectivity index (χ0) is 22.9. The van der Waals surface area contributed by atoms with E-state index in [1.54, 1.807) is 22.7 Å². The van der Waals surface area contributed by atoms with E-state index in [-0.39, 0.29) is 30.0 Å². The van der Waals surface area contributed by atoms with Crippen LogP contribution < -0.4 is 4.90 Å². The van der Waals surface area contributed by atoms with Crippen molar-refractivity contribution >= 4 is 58.0 Å². The Morgan fingerprint density at radius 1 is 0.848 bits per heavy atom. The molecule has 1 saturated heterocycles. The summed E-state index contributed by atoms with van der Waals surface area (Å²) in [7, 11) is 0. The van der Waals surface area contributed by atoms with Crippen LogP contribution in [0.2, 0.25) is 0 Å². The standard InChI is InChI=1S/C26H20N2O3S2/c1-17-10-12-18(13-11-17)16-23-25(30)27(26(31)33-23)15-14-24(29)28-19-6-2-4-8-21(19)32-22-9-5-3-7-20(22)28/h2-13,16H,14-15H2,1H3/b23-16-. The van der Waals surface area contributed by atoms with Crippen molar-refractivity contribution in [1.82, 2.24) is 4.90 Å². The van der Waals surface area contributed by atoms with Gasteiger partial charge in [-0.1, -0.05) is 65.9 Å². The molecule has 2 aliphatic heterocycles. The second kappa shape index (κ2) is 8.92. The maximum absolute atomic E-state index is 13.3. The van der Waals surface area contributed by atoms with E-state index in [0.29, 0.717) is 4.91 Å². The van der Waals surface area contributed by atoms with Crippen LogP contribution in [0.25, 0.3) is 6.08 Å². The highest BCUT2D eigenvalue weighted by Gasteiger charge is 2.36. The Labute approximate surface area is 200 Å². The minimum Gasteiger partial charge on any atom is -0.279 e. The molecule has 0 bridgehead atoms. The number of carbonyl (C=O) groups is 3. The lowest BCUT2D eigenvalue weighted by Gasteiger charge is -2.31. The molecule has 33 heavy (non-hydrogen) atoms. The van der Waals surface area contributed by atoms with Gasteiger partial charge >= 0.3 is 0 Å². The molecule has 5 nitrogen and oxygen atoms in total. The van der Waals surface area contributed by atoms with E-state index in [2.05, 4.69) is 0 Å². The van der Waals surface area contributed by atoms with Crippen LogP contribution in [0.15, 0.2) is 87.5 Å². The van der Waals surface area contributed by atoms with Gasteiger partial charge < -0.3 is 0 Å². The molecular weight excluding hydrogens is 452 g/mol. The minimum absolute atomic E-state index is 0.0444. The lowest BCUT2D eigenvalue weighted by Crippen LogP contribution is -2.35. The molecule has 0 N–H and O–H groups in total. The molecule has 0 unspecified atom stereocenters. The van der Waals surface area contributed by atoms with E-state index < -0.39 is 0 Å². The molecule has 3 aromatic carbocycles. The molecule has 2 heterocycles. The summed E-state index contributed by atoms with van der Waals surface area (Å²) in [5.41, 5.74) is 3.62. The molecule has 7 heteroatoms. The van der Waals surface area contributed by atoms with Crippen molar-refractivity contribution in [2.24, 2.45) is 0 Å². The summed E-state index contributed by atoms with van der Waals surface area (Å²) in [5, 5.41) is -0.346. The number of nitrogens with zero attached hydrogens (tertiary/aromatic N) is 2. The van der Waals surface area contributed by atoms with Gasteiger partial charge in [0.15, 0.2) is 0 Å². The number of imide groups is 1. The first-order valence-electron chi connectivity index (χ1n) is 10.5. The number of carbonyl (C=O) groups excluding carboxylic acids is 3. The number of hydrogen-bond acceptors (Lipinski definition) is 5. The van der Waals surface area contributed by atoms with Gasteiger partial charge in [-0.15, -0.1) is 0 Å². The number of thioether (sulfide) groups is 1. The lowest BCUT2D eigenvalue weighted by atomic mass is 10.1. The van der Waals surface area contributed by atoms with E-state index >= 15 is 0 Å². The van der Waals surface area contributed by atoms with Crippen LogP contribution in [-0.2, 0) is 9.59 Å². The number of amides is 3. The number of benzene rings is 3. The molecule has 0 aliphatic carbocycles. The summed E-state index contributed by atoms with van der Waals surface area (Å²) in [4.78, 5) is 44.0. The molecule has 1 fully saturated rings. The van der Waals surface area contributed by atoms with Crippen molar-refractivity contribution in [1.29, 1.82) is 0 Å². The molecule has 0 atom stereocenters. The maximum Gasteiger partial charge on any atom is 0.293 e. The SMILES string of the molecule is Cc1ccc(/C=C2\SC(=O)N(CCC(=O)N3c4ccccc4Sc4ccccc43)C2=O)cc1. The van der Waals surface area contributed by atoms with Gasteiger partial charge in [-0.3, -0.25) is 24.2 Å². The van der Waals surface area contributed by atoms with E-state index in [0.717, 1.165) is 44.1 Å². The van der Waals surface area contributed by atoms with Crippen LogP contribution in [0, 0.1) is 6.92 Å². The van der Waals surface area contributed by atoms with Crippen molar-refractivity contribution in [3.05, 3.63) is 88.8 Å². The van der Waals surface area contributed by atoms with Crippen molar-refractivity contribution in [2.75, 3.05) is 11.4 Å². The van der Waals surface area contributed by atoms with Crippen LogP contribution in [0.4, 0.5) is 16.2 Å². The summed E-state index contributed by atoms with van der Waals surface area (Å²) >= 11 is 2.54. The van der Waals surface area contributed by atoms with Crippen molar-refractivity contribution < 1.29 is 14.4 Å². The Hall–Kier alpha value is -3.29. The number of rotatable bonds is 4. The first-order valence-corrected chi connectivity index (χ1v) is 12.2. The van der Waals surface area contributed by atoms with E-state index in [4.69, 9.17) is 0 Å². The highest BCUT2D eigenvalue weighted by atomic mass is 32.2. The number of aryl methyl sites for hydroxylation is 1. The molecule has 3 amide bonds. The molecule has 0 spiro atoms. The summed E-state index contributed by atoms with van der Waals surface area (Å²) in [6, 6.07) is 23.3. The van der Waals surface area contributed by atoms with E-state index in [9.17, 15) is 14.4 Å². The van der Waals surface area contributed by atoms with Crippen LogP contribution in [0.3, 0.4) is 0 Å². The first-order chi connectivity index (χ1) is 16.0. The van der Waals surface area contributed by atoms with Crippen molar-refractivity contribution in [2.45, 2.75) is 23.1 Å². The van der Waals surface area contributed by atoms with Gasteiger partial charge in [-0.25, -0.2) is 0 Å². The van der Waals surface area contributed by atoms with Crippen molar-refractivity contribution in [3.8, 4) is 0 Å². The van der Waals surface area contributed by atoms with Gasteiger partial charge in [0.05, 0.1) is 16.3 Å². The normalized spacial score (nSPS) is 16.2. The first kappa shape index (κ1) is 21.6. The topological polar surface area (TPSA) is 57.7 Å². The highest BCUT2D eigenvalue weighted by molar-refractivity contribution is 8.18. The fourth-order valence-electron chi connectivity index (χ4n) is 3.80. The summed E-state index contributed by atoms with van der Waals surface area (Å²) in [6.07, 6.45) is 1.77. The van der Waals surface area contributed by atoms with Crippen LogP contribution in [0.1, 0.15) is 17.5 Å². The fourth-order valence-corrected chi connectivity index (χ4v) is 5.72. The quantitative estimate of drug-likeness (QED) is 0.420. The van der Waals surface area contributed by atoms with Gasteiger partial charge in [0, 0.05) is 22.8 Å². The summed E-state index contributed by atoms with van der Waals surface area (Å²) in [5.74, 6) is -0.509. The van der Waals surface area contributed by atoms with Gasteiger partial charge in [0.25, 0.3) is 11.1 Å². The molecule has 2 aliphatic rings. The molecule has 3 aromatic rings. The zero-order valence-electron chi connectivity index (χ0n) is 17.9. The Morgan fingerprint density at radius 3 is 2.09 bits per heavy atom. The summed E-state index contributed by atoms with van der Waals surface area (Å²) < 4.78 is 0. The van der Waals surface area contributed by atoms with Crippen molar-refractivity contribution in [3.63, 3.8) is 0 Å². The Balaban J connectivity index is 1.34. The number of anilines is 2. The monoisotopic (exact) mass is 472 g/mol. The second-order valence-corrected chi connectivity index (χ2v) is 9.84. The number of fused-ring (bicyclic) bond motifs is 2. The number of para-hydroxylation sites is 2. The predicted octanol–water partition coefficient (Wildman–Crippen LogP) is 6.25. The van der Waals surface area contributed by atoms with Crippen LogP contribution in [-0.4, -0.2) is 28.5 Å². The Morgan fingerprint density at radius 2 is 1.45 bits per heavy atom. The average molecular weight is 473 g/mol. The summed E-state index contributed by atoms with van der Waals surface area (Å²) in [6.45, 7) is 2.04. The molecule has 0 saturated carbocycles. The van der Waals surface area contributed by atoms with Crippen LogP contribution in [0.5, 0.6) is 0 Å². The largest absolute Gasteiger partial charge is 0.293 e. The third kappa shape index (κ3) is 4.21. The van der Waals surface area contributed by atoms with Gasteiger partial charge in [0.1, 0.15) is 0 Å². The molecule has 164 valence electrons. The highest BCUT2D eigenvalue weighted by Crippen LogP contribution is 2.48. The molecule has 5 rings (SSSR count). The van der Waals surface area contributed by atoms with Crippen LogP contribution >= 0.6 is 23.5 Å². The Bertz CT molecular complexity index is 1260. The molecule has 0 radical (unpaired) electrons. The van der Waals surface area contributed by atoms with Gasteiger partial charge in [-0.2, -0.15) is 0 Å². The zero-order valence-corrected chi connectivity index (χ0v) is 19.5. The fraction of sp³-hybridized carbons (Fsp3) is 0.115. The third-order valence-corrected chi connectivity index (χ3v) is 7.52. The Kier molecular flexibility index (Phi) is 5.83. The smallest absolute Gasteiger partial charge is 0.279 e. The minimum atomic E-state index is -0.353. The lowest BCUT2D eigenvalue weighted by molar-refractivity contribution is -0.123. The molecule has 0 aromatic heterocycles. The molecular formula is C26H20N2O3S2.